The van der Waals surface area contributed by atoms with Crippen molar-refractivity contribution in [1.82, 2.24) is 0 Å². The smallest absolute Gasteiger partial charge is 0.00852 e. The predicted octanol–water partition coefficient (Wildman–Crippen LogP) is 4.02. The molecule has 4 fully saturated rings. The lowest BCUT2D eigenvalue weighted by atomic mass is 9.44. The van der Waals surface area contributed by atoms with Crippen LogP contribution in [0.25, 0.3) is 0 Å². The van der Waals surface area contributed by atoms with Gasteiger partial charge < -0.3 is 0 Å². The summed E-state index contributed by atoms with van der Waals surface area (Å²) in [6, 6.07) is 0. The van der Waals surface area contributed by atoms with Crippen LogP contribution < -0.4 is 0 Å². The highest BCUT2D eigenvalue weighted by atomic mass is 14.6. The van der Waals surface area contributed by atoms with Gasteiger partial charge in [0.1, 0.15) is 0 Å². The molecule has 78 valence electrons. The Bertz CT molecular complexity index is 278. The molecular formula is C14H22. The van der Waals surface area contributed by atoms with Crippen LogP contribution in [0.2, 0.25) is 0 Å². The van der Waals surface area contributed by atoms with Gasteiger partial charge in [0, 0.05) is 0 Å². The molecule has 0 saturated heterocycles. The molecule has 4 rings (SSSR count). The molecule has 2 unspecified atom stereocenters. The van der Waals surface area contributed by atoms with Crippen LogP contribution in [-0.2, 0) is 0 Å². The van der Waals surface area contributed by atoms with Crippen LogP contribution in [0, 0.1) is 29.1 Å². The van der Waals surface area contributed by atoms with Crippen molar-refractivity contribution in [1.29, 1.82) is 0 Å². The summed E-state index contributed by atoms with van der Waals surface area (Å²) in [7, 11) is 0. The van der Waals surface area contributed by atoms with Crippen molar-refractivity contribution in [2.75, 3.05) is 0 Å². The quantitative estimate of drug-likeness (QED) is 0.506. The maximum absolute atomic E-state index is 4.41. The summed E-state index contributed by atoms with van der Waals surface area (Å²) in [5, 5.41) is 0. The highest BCUT2D eigenvalue weighted by Gasteiger charge is 2.54. The van der Waals surface area contributed by atoms with E-state index in [1.807, 2.05) is 0 Å². The van der Waals surface area contributed by atoms with Crippen LogP contribution in [0.1, 0.15) is 46.0 Å². The second-order valence-electron chi connectivity index (χ2n) is 6.24. The van der Waals surface area contributed by atoms with Gasteiger partial charge in [-0.3, -0.25) is 0 Å². The Morgan fingerprint density at radius 2 is 2.07 bits per heavy atom. The number of rotatable bonds is 0. The van der Waals surface area contributed by atoms with Gasteiger partial charge in [-0.15, -0.1) is 0 Å². The summed E-state index contributed by atoms with van der Waals surface area (Å²) in [6.07, 6.45) is 7.28. The molecule has 0 aromatic rings. The molecule has 0 aliphatic heterocycles. The Morgan fingerprint density at radius 3 is 2.86 bits per heavy atom. The van der Waals surface area contributed by atoms with Gasteiger partial charge in [0.25, 0.3) is 0 Å². The maximum Gasteiger partial charge on any atom is -0.00852 e. The molecule has 4 saturated carbocycles. The lowest BCUT2D eigenvalue weighted by Crippen LogP contribution is -2.51. The minimum atomic E-state index is 0.540. The van der Waals surface area contributed by atoms with Crippen molar-refractivity contribution in [3.05, 3.63) is 12.2 Å². The first kappa shape index (κ1) is 9.00. The summed E-state index contributed by atoms with van der Waals surface area (Å²) in [4.78, 5) is 0. The molecule has 0 aromatic carbocycles. The number of hydrogen-bond acceptors (Lipinski definition) is 0. The Hall–Kier alpha value is -0.260. The SMILES string of the molecule is C=C1C2CC[C@@H]3[C@H](C2)[C@@H](C)CCC13C. The molecule has 0 heteroatoms. The topological polar surface area (TPSA) is 0 Å². The molecule has 0 nitrogen and oxygen atoms in total. The molecular weight excluding hydrogens is 168 g/mol. The minimum Gasteiger partial charge on any atom is -0.0990 e. The van der Waals surface area contributed by atoms with E-state index in [1.165, 1.54) is 32.1 Å². The molecule has 0 N–H and O–H groups in total. The summed E-state index contributed by atoms with van der Waals surface area (Å²) < 4.78 is 0. The largest absolute Gasteiger partial charge is 0.0990 e. The highest BCUT2D eigenvalue weighted by molar-refractivity contribution is 5.24. The second kappa shape index (κ2) is 2.65. The summed E-state index contributed by atoms with van der Waals surface area (Å²) in [5.74, 6) is 3.91. The molecule has 0 amide bonds. The highest BCUT2D eigenvalue weighted by Crippen LogP contribution is 2.64. The van der Waals surface area contributed by atoms with E-state index in [0.717, 1.165) is 23.7 Å². The van der Waals surface area contributed by atoms with Crippen LogP contribution in [0.5, 0.6) is 0 Å². The van der Waals surface area contributed by atoms with E-state index in [4.69, 9.17) is 0 Å². The fraction of sp³-hybridized carbons (Fsp3) is 0.857. The number of fused-ring (bicyclic) bond motifs is 1. The van der Waals surface area contributed by atoms with Crippen LogP contribution in [0.4, 0.5) is 0 Å². The predicted molar refractivity (Wildman–Crippen MR) is 60.0 cm³/mol. The van der Waals surface area contributed by atoms with Crippen LogP contribution >= 0.6 is 0 Å². The summed E-state index contributed by atoms with van der Waals surface area (Å²) in [5.41, 5.74) is 2.16. The van der Waals surface area contributed by atoms with Crippen molar-refractivity contribution in [3.8, 4) is 0 Å². The Morgan fingerprint density at radius 1 is 1.29 bits per heavy atom. The minimum absolute atomic E-state index is 0.540. The molecule has 4 aliphatic carbocycles. The van der Waals surface area contributed by atoms with Crippen molar-refractivity contribution in [2.45, 2.75) is 46.0 Å². The van der Waals surface area contributed by atoms with Gasteiger partial charge >= 0.3 is 0 Å². The van der Waals surface area contributed by atoms with Crippen LogP contribution in [0.15, 0.2) is 12.2 Å². The third-order valence-corrected chi connectivity index (χ3v) is 5.79. The number of hydrogen-bond donors (Lipinski definition) is 0. The van der Waals surface area contributed by atoms with Gasteiger partial charge in [0.15, 0.2) is 0 Å². The summed E-state index contributed by atoms with van der Waals surface area (Å²) >= 11 is 0. The van der Waals surface area contributed by atoms with E-state index in [1.54, 1.807) is 5.57 Å². The number of allylic oxidation sites excluding steroid dienone is 1. The lowest BCUT2D eigenvalue weighted by molar-refractivity contribution is -0.0446. The van der Waals surface area contributed by atoms with Gasteiger partial charge in [-0.05, 0) is 61.2 Å². The fourth-order valence-electron chi connectivity index (χ4n) is 4.73. The van der Waals surface area contributed by atoms with Gasteiger partial charge in [0.05, 0.1) is 0 Å². The normalized spacial score (nSPS) is 56.3. The first-order valence-corrected chi connectivity index (χ1v) is 6.32. The average molecular weight is 190 g/mol. The zero-order valence-electron chi connectivity index (χ0n) is 9.55. The van der Waals surface area contributed by atoms with E-state index in [9.17, 15) is 0 Å². The zero-order chi connectivity index (χ0) is 9.92. The lowest BCUT2D eigenvalue weighted by Gasteiger charge is -2.60. The van der Waals surface area contributed by atoms with Gasteiger partial charge in [-0.1, -0.05) is 26.0 Å². The Kier molecular flexibility index (Phi) is 1.70. The zero-order valence-corrected chi connectivity index (χ0v) is 9.55. The van der Waals surface area contributed by atoms with Crippen LogP contribution in [0.3, 0.4) is 0 Å². The van der Waals surface area contributed by atoms with Crippen molar-refractivity contribution < 1.29 is 0 Å². The molecule has 5 atom stereocenters. The Labute approximate surface area is 87.8 Å². The standard InChI is InChI=1S/C14H22/c1-9-6-7-14(3)10(2)11-4-5-13(14)12(9)8-11/h9,11-13H,2,4-8H2,1,3H3/t9-,11?,12+,13+,14?/m0/s1. The third kappa shape index (κ3) is 0.902. The maximum atomic E-state index is 4.41. The van der Waals surface area contributed by atoms with Crippen molar-refractivity contribution in [2.24, 2.45) is 29.1 Å². The third-order valence-electron chi connectivity index (χ3n) is 5.79. The average Bonchev–Trinajstić information content (AvgIpc) is 2.21. The molecule has 4 aliphatic rings. The van der Waals surface area contributed by atoms with Gasteiger partial charge in [-0.25, -0.2) is 0 Å². The Balaban J connectivity index is 2.02. The first-order chi connectivity index (χ1) is 6.63. The second-order valence-corrected chi connectivity index (χ2v) is 6.24. The van der Waals surface area contributed by atoms with E-state index in [-0.39, 0.29) is 0 Å². The fourth-order valence-corrected chi connectivity index (χ4v) is 4.73. The first-order valence-electron chi connectivity index (χ1n) is 6.32. The molecule has 0 aromatic heterocycles. The summed E-state index contributed by atoms with van der Waals surface area (Å²) in [6.45, 7) is 9.40. The molecule has 0 radical (unpaired) electrons. The van der Waals surface area contributed by atoms with E-state index in [2.05, 4.69) is 20.4 Å². The van der Waals surface area contributed by atoms with Crippen molar-refractivity contribution >= 4 is 0 Å². The van der Waals surface area contributed by atoms with E-state index < -0.39 is 0 Å². The van der Waals surface area contributed by atoms with E-state index >= 15 is 0 Å². The van der Waals surface area contributed by atoms with Gasteiger partial charge in [0.2, 0.25) is 0 Å². The monoisotopic (exact) mass is 190 g/mol. The van der Waals surface area contributed by atoms with Crippen LogP contribution in [-0.4, -0.2) is 0 Å². The van der Waals surface area contributed by atoms with Gasteiger partial charge in [-0.2, -0.15) is 0 Å². The van der Waals surface area contributed by atoms with E-state index in [0.29, 0.717) is 5.41 Å². The molecule has 14 heavy (non-hydrogen) atoms. The molecule has 0 spiro atoms. The van der Waals surface area contributed by atoms with Crippen molar-refractivity contribution in [3.63, 3.8) is 0 Å². The molecule has 4 bridgehead atoms. The molecule has 0 heterocycles.